The van der Waals surface area contributed by atoms with Gasteiger partial charge in [-0.25, -0.2) is 0 Å². The smallest absolute Gasteiger partial charge is 0.0728 e. The summed E-state index contributed by atoms with van der Waals surface area (Å²) >= 11 is 0. The molecule has 1 aliphatic carbocycles. The Balaban J connectivity index is 2.15. The number of nitrogens with two attached hydrogens (primary N) is 1. The Hall–Kier alpha value is -0.900. The molecule has 2 unspecified atom stereocenters. The maximum absolute atomic E-state index is 5.63. The van der Waals surface area contributed by atoms with Crippen LogP contribution >= 0.6 is 0 Å². The molecule has 2 atom stereocenters. The van der Waals surface area contributed by atoms with Crippen molar-refractivity contribution in [3.63, 3.8) is 0 Å². The lowest BCUT2D eigenvalue weighted by molar-refractivity contribution is 0.252. The maximum Gasteiger partial charge on any atom is 0.0728 e. The molecule has 1 aromatic heterocycles. The molecule has 0 aromatic carbocycles. The van der Waals surface area contributed by atoms with Gasteiger partial charge in [0, 0.05) is 13.0 Å². The fraction of sp³-hybridized carbons (Fsp3) is 0.750. The number of hydrogen-bond donors (Lipinski definition) is 1. The van der Waals surface area contributed by atoms with Gasteiger partial charge in [0.2, 0.25) is 0 Å². The van der Waals surface area contributed by atoms with Gasteiger partial charge in [-0.05, 0) is 25.3 Å². The van der Waals surface area contributed by atoms with Gasteiger partial charge in [-0.1, -0.05) is 5.21 Å². The van der Waals surface area contributed by atoms with E-state index in [0.717, 1.165) is 6.54 Å². The number of aryl methyl sites for hydroxylation is 1. The third kappa shape index (κ3) is 1.03. The number of hydrogen-bond acceptors (Lipinski definition) is 3. The van der Waals surface area contributed by atoms with E-state index >= 15 is 0 Å². The van der Waals surface area contributed by atoms with Crippen molar-refractivity contribution in [3.05, 3.63) is 11.9 Å². The van der Waals surface area contributed by atoms with Crippen LogP contribution in [0.3, 0.4) is 0 Å². The Morgan fingerprint density at radius 3 is 2.92 bits per heavy atom. The molecular formula is C8H14N4. The van der Waals surface area contributed by atoms with E-state index in [9.17, 15) is 0 Å². The molecule has 4 heteroatoms. The second-order valence-electron chi connectivity index (χ2n) is 3.46. The highest BCUT2D eigenvalue weighted by Crippen LogP contribution is 2.40. The molecule has 1 aliphatic rings. The molecule has 0 radical (unpaired) electrons. The summed E-state index contributed by atoms with van der Waals surface area (Å²) < 4.78 is 1.85. The highest BCUT2D eigenvalue weighted by atomic mass is 15.4. The largest absolute Gasteiger partial charge is 0.330 e. The van der Waals surface area contributed by atoms with E-state index in [0.29, 0.717) is 11.8 Å². The SMILES string of the molecule is Cn1nncc1C1CCC1CN. The van der Waals surface area contributed by atoms with Crippen molar-refractivity contribution in [3.8, 4) is 0 Å². The van der Waals surface area contributed by atoms with E-state index in [2.05, 4.69) is 10.3 Å². The van der Waals surface area contributed by atoms with Crippen molar-refractivity contribution < 1.29 is 0 Å². The van der Waals surface area contributed by atoms with Gasteiger partial charge < -0.3 is 5.73 Å². The first-order valence-corrected chi connectivity index (χ1v) is 4.37. The average Bonchev–Trinajstić information content (AvgIpc) is 2.36. The zero-order valence-corrected chi connectivity index (χ0v) is 7.27. The molecule has 4 nitrogen and oxygen atoms in total. The van der Waals surface area contributed by atoms with Crippen LogP contribution in [0.1, 0.15) is 24.5 Å². The molecule has 66 valence electrons. The Kier molecular flexibility index (Phi) is 1.84. The molecule has 1 aromatic rings. The summed E-state index contributed by atoms with van der Waals surface area (Å²) in [6, 6.07) is 0. The predicted molar refractivity (Wildman–Crippen MR) is 45.5 cm³/mol. The minimum absolute atomic E-state index is 0.606. The summed E-state index contributed by atoms with van der Waals surface area (Å²) in [4.78, 5) is 0. The maximum atomic E-state index is 5.63. The minimum Gasteiger partial charge on any atom is -0.330 e. The van der Waals surface area contributed by atoms with Gasteiger partial charge in [-0.2, -0.15) is 0 Å². The number of nitrogens with zero attached hydrogens (tertiary/aromatic N) is 3. The quantitative estimate of drug-likeness (QED) is 0.686. The Morgan fingerprint density at radius 2 is 2.50 bits per heavy atom. The van der Waals surface area contributed by atoms with E-state index in [-0.39, 0.29) is 0 Å². The highest BCUT2D eigenvalue weighted by molar-refractivity contribution is 5.09. The first kappa shape index (κ1) is 7.73. The minimum atomic E-state index is 0.606. The highest BCUT2D eigenvalue weighted by Gasteiger charge is 2.32. The van der Waals surface area contributed by atoms with E-state index in [1.807, 2.05) is 17.9 Å². The summed E-state index contributed by atoms with van der Waals surface area (Å²) in [6.45, 7) is 0.788. The van der Waals surface area contributed by atoms with Crippen molar-refractivity contribution >= 4 is 0 Å². The summed E-state index contributed by atoms with van der Waals surface area (Å²) in [7, 11) is 1.94. The lowest BCUT2D eigenvalue weighted by Crippen LogP contribution is -2.31. The van der Waals surface area contributed by atoms with Crippen molar-refractivity contribution in [2.75, 3.05) is 6.54 Å². The van der Waals surface area contributed by atoms with E-state index < -0.39 is 0 Å². The van der Waals surface area contributed by atoms with Gasteiger partial charge in [-0.15, -0.1) is 5.10 Å². The monoisotopic (exact) mass is 166 g/mol. The van der Waals surface area contributed by atoms with Gasteiger partial charge in [0.05, 0.1) is 11.9 Å². The fourth-order valence-electron chi connectivity index (χ4n) is 1.87. The van der Waals surface area contributed by atoms with Gasteiger partial charge in [0.25, 0.3) is 0 Å². The third-order valence-corrected chi connectivity index (χ3v) is 2.85. The topological polar surface area (TPSA) is 56.7 Å². The molecule has 0 aliphatic heterocycles. The Bertz CT molecular complexity index is 266. The van der Waals surface area contributed by atoms with Crippen LogP contribution in [0.4, 0.5) is 0 Å². The fourth-order valence-corrected chi connectivity index (χ4v) is 1.87. The molecular weight excluding hydrogens is 152 g/mol. The molecule has 12 heavy (non-hydrogen) atoms. The predicted octanol–water partition coefficient (Wildman–Crippen LogP) is 0.267. The average molecular weight is 166 g/mol. The summed E-state index contributed by atoms with van der Waals surface area (Å²) in [5.41, 5.74) is 6.86. The normalized spacial score (nSPS) is 28.5. The summed E-state index contributed by atoms with van der Waals surface area (Å²) in [6.07, 6.45) is 4.35. The van der Waals surface area contributed by atoms with E-state index in [1.165, 1.54) is 18.5 Å². The van der Waals surface area contributed by atoms with Crippen molar-refractivity contribution in [1.29, 1.82) is 0 Å². The van der Waals surface area contributed by atoms with Gasteiger partial charge in [0.1, 0.15) is 0 Å². The molecule has 0 bridgehead atoms. The van der Waals surface area contributed by atoms with Crippen LogP contribution in [0.15, 0.2) is 6.20 Å². The number of rotatable bonds is 2. The van der Waals surface area contributed by atoms with E-state index in [4.69, 9.17) is 5.73 Å². The lowest BCUT2D eigenvalue weighted by atomic mass is 9.72. The van der Waals surface area contributed by atoms with Crippen LogP contribution < -0.4 is 5.73 Å². The Labute approximate surface area is 71.8 Å². The van der Waals surface area contributed by atoms with Gasteiger partial charge in [-0.3, -0.25) is 4.68 Å². The van der Waals surface area contributed by atoms with Crippen LogP contribution in [0.25, 0.3) is 0 Å². The molecule has 1 heterocycles. The standard InChI is InChI=1S/C8H14N4/c1-12-8(5-10-11-12)7-3-2-6(7)4-9/h5-7H,2-4,9H2,1H3. The zero-order valence-electron chi connectivity index (χ0n) is 7.27. The van der Waals surface area contributed by atoms with Crippen LogP contribution in [0.2, 0.25) is 0 Å². The first-order valence-electron chi connectivity index (χ1n) is 4.37. The molecule has 0 spiro atoms. The summed E-state index contributed by atoms with van der Waals surface area (Å²) in [5.74, 6) is 1.26. The molecule has 0 saturated heterocycles. The third-order valence-electron chi connectivity index (χ3n) is 2.85. The molecule has 1 saturated carbocycles. The zero-order chi connectivity index (χ0) is 8.55. The van der Waals surface area contributed by atoms with Crippen LogP contribution in [-0.2, 0) is 7.05 Å². The van der Waals surface area contributed by atoms with Crippen LogP contribution in [0, 0.1) is 5.92 Å². The molecule has 2 rings (SSSR count). The van der Waals surface area contributed by atoms with Gasteiger partial charge in [0.15, 0.2) is 0 Å². The van der Waals surface area contributed by atoms with Crippen molar-refractivity contribution in [2.45, 2.75) is 18.8 Å². The van der Waals surface area contributed by atoms with E-state index in [1.54, 1.807) is 0 Å². The second kappa shape index (κ2) is 2.86. The van der Waals surface area contributed by atoms with Crippen molar-refractivity contribution in [1.82, 2.24) is 15.0 Å². The first-order chi connectivity index (χ1) is 5.83. The van der Waals surface area contributed by atoms with Crippen LogP contribution in [-0.4, -0.2) is 21.5 Å². The lowest BCUT2D eigenvalue weighted by Gasteiger charge is -2.35. The summed E-state index contributed by atoms with van der Waals surface area (Å²) in [5, 5.41) is 7.78. The molecule has 0 amide bonds. The van der Waals surface area contributed by atoms with Crippen LogP contribution in [0.5, 0.6) is 0 Å². The van der Waals surface area contributed by atoms with Crippen molar-refractivity contribution in [2.24, 2.45) is 18.7 Å². The Morgan fingerprint density at radius 1 is 1.67 bits per heavy atom. The second-order valence-corrected chi connectivity index (χ2v) is 3.46. The molecule has 1 fully saturated rings. The van der Waals surface area contributed by atoms with Gasteiger partial charge >= 0.3 is 0 Å². The number of aromatic nitrogens is 3. The molecule has 2 N–H and O–H groups in total.